The molecule has 3 aromatic carbocycles. The lowest BCUT2D eigenvalue weighted by molar-refractivity contribution is 0.0696. The van der Waals surface area contributed by atoms with E-state index >= 15 is 0 Å². The lowest BCUT2D eigenvalue weighted by atomic mass is 10.0. The Bertz CT molecular complexity index is 1150. The fourth-order valence-corrected chi connectivity index (χ4v) is 4.84. The van der Waals surface area contributed by atoms with Crippen molar-refractivity contribution in [2.45, 2.75) is 96.8 Å². The van der Waals surface area contributed by atoms with Crippen LogP contribution >= 0.6 is 0 Å². The summed E-state index contributed by atoms with van der Waals surface area (Å²) in [5.74, 6) is -0.411. The van der Waals surface area contributed by atoms with Gasteiger partial charge in [-0.1, -0.05) is 103 Å². The van der Waals surface area contributed by atoms with Gasteiger partial charge >= 0.3 is 11.9 Å². The molecule has 0 radical (unpaired) electrons. The number of aromatic carboxylic acids is 1. The zero-order valence-electron chi connectivity index (χ0n) is 23.5. The minimum absolute atomic E-state index is 0.140. The number of hydrogen-bond donors (Lipinski definition) is 1. The average molecular weight is 533 g/mol. The van der Waals surface area contributed by atoms with Crippen LogP contribution in [-0.2, 0) is 0 Å². The molecule has 0 amide bonds. The van der Waals surface area contributed by atoms with Crippen molar-refractivity contribution in [3.63, 3.8) is 0 Å². The van der Waals surface area contributed by atoms with Crippen LogP contribution in [-0.4, -0.2) is 23.7 Å². The van der Waals surface area contributed by atoms with Crippen LogP contribution in [0.1, 0.15) is 118 Å². The number of carbonyl (C=O) groups excluding carboxylic acids is 1. The fraction of sp³-hybridized carbons (Fsp3) is 0.471. The van der Waals surface area contributed by atoms with Crippen LogP contribution in [0.4, 0.5) is 0 Å². The van der Waals surface area contributed by atoms with Gasteiger partial charge in [-0.3, -0.25) is 0 Å². The Morgan fingerprint density at radius 2 is 1.23 bits per heavy atom. The van der Waals surface area contributed by atoms with E-state index in [1.807, 2.05) is 30.3 Å². The van der Waals surface area contributed by atoms with Gasteiger partial charge in [-0.25, -0.2) is 9.59 Å². The minimum atomic E-state index is -1.02. The maximum atomic E-state index is 12.8. The first-order valence-electron chi connectivity index (χ1n) is 14.8. The summed E-state index contributed by atoms with van der Waals surface area (Å²) >= 11 is 0. The molecule has 0 atom stereocenters. The van der Waals surface area contributed by atoms with Gasteiger partial charge in [0.1, 0.15) is 11.5 Å². The Balaban J connectivity index is 1.33. The van der Waals surface area contributed by atoms with Gasteiger partial charge in [-0.15, -0.1) is 0 Å². The van der Waals surface area contributed by atoms with E-state index in [4.69, 9.17) is 14.6 Å². The molecule has 5 heteroatoms. The van der Waals surface area contributed by atoms with Crippen LogP contribution in [0.25, 0.3) is 10.8 Å². The van der Waals surface area contributed by atoms with Crippen molar-refractivity contribution >= 4 is 22.7 Å². The van der Waals surface area contributed by atoms with Crippen LogP contribution in [0.15, 0.2) is 60.7 Å². The predicted molar refractivity (Wildman–Crippen MR) is 158 cm³/mol. The second-order valence-electron chi connectivity index (χ2n) is 10.4. The van der Waals surface area contributed by atoms with Crippen LogP contribution in [0.5, 0.6) is 11.5 Å². The van der Waals surface area contributed by atoms with Crippen LogP contribution in [0.3, 0.4) is 0 Å². The molecule has 0 heterocycles. The molecular formula is C34H44O5. The number of fused-ring (bicyclic) bond motifs is 1. The third kappa shape index (κ3) is 10.7. The molecule has 0 unspecified atom stereocenters. The Morgan fingerprint density at radius 1 is 0.667 bits per heavy atom. The molecule has 0 fully saturated rings. The number of rotatable bonds is 19. The number of carboxylic acid groups (broad SMARTS) is 1. The molecule has 0 aliphatic heterocycles. The summed E-state index contributed by atoms with van der Waals surface area (Å²) in [5.41, 5.74) is 0.593. The van der Waals surface area contributed by atoms with E-state index < -0.39 is 11.9 Å². The predicted octanol–water partition coefficient (Wildman–Crippen LogP) is 9.62. The van der Waals surface area contributed by atoms with Crippen LogP contribution in [0.2, 0.25) is 0 Å². The molecule has 0 spiro atoms. The van der Waals surface area contributed by atoms with Crippen molar-refractivity contribution in [3.8, 4) is 11.5 Å². The molecule has 39 heavy (non-hydrogen) atoms. The molecule has 1 N–H and O–H groups in total. The van der Waals surface area contributed by atoms with E-state index in [0.29, 0.717) is 17.9 Å². The van der Waals surface area contributed by atoms with Gasteiger partial charge in [0.2, 0.25) is 0 Å². The highest BCUT2D eigenvalue weighted by atomic mass is 16.5. The Labute approximate surface area is 233 Å². The highest BCUT2D eigenvalue weighted by molar-refractivity contribution is 6.05. The van der Waals surface area contributed by atoms with E-state index in [0.717, 1.165) is 22.9 Å². The Hall–Kier alpha value is -3.34. The van der Waals surface area contributed by atoms with Crippen molar-refractivity contribution in [2.75, 3.05) is 6.61 Å². The summed E-state index contributed by atoms with van der Waals surface area (Å²) in [5, 5.41) is 10.7. The molecule has 0 saturated carbocycles. The Kier molecular flexibility index (Phi) is 13.4. The molecule has 0 aromatic heterocycles. The third-order valence-corrected chi connectivity index (χ3v) is 7.15. The second-order valence-corrected chi connectivity index (χ2v) is 10.4. The number of benzene rings is 3. The highest BCUT2D eigenvalue weighted by Crippen LogP contribution is 2.26. The lowest BCUT2D eigenvalue weighted by Crippen LogP contribution is -2.09. The SMILES string of the molecule is CCCCCCCCCCCCCCCCOc1ccc2c(C(=O)Oc3ccc(C(=O)O)cc3)cccc2c1. The van der Waals surface area contributed by atoms with Gasteiger partial charge in [-0.2, -0.15) is 0 Å². The maximum absolute atomic E-state index is 12.8. The average Bonchev–Trinajstić information content (AvgIpc) is 2.95. The van der Waals surface area contributed by atoms with Crippen molar-refractivity contribution < 1.29 is 24.2 Å². The summed E-state index contributed by atoms with van der Waals surface area (Å²) in [6, 6.07) is 17.0. The van der Waals surface area contributed by atoms with Gasteiger partial charge in [0.15, 0.2) is 0 Å². The summed E-state index contributed by atoms with van der Waals surface area (Å²) < 4.78 is 11.5. The van der Waals surface area contributed by atoms with Crippen LogP contribution < -0.4 is 9.47 Å². The summed E-state index contributed by atoms with van der Waals surface area (Å²) in [4.78, 5) is 23.8. The lowest BCUT2D eigenvalue weighted by Gasteiger charge is -2.10. The van der Waals surface area contributed by atoms with Gasteiger partial charge in [0.05, 0.1) is 17.7 Å². The van der Waals surface area contributed by atoms with Gasteiger partial charge in [0, 0.05) is 0 Å². The van der Waals surface area contributed by atoms with Gasteiger partial charge in [-0.05, 0) is 65.7 Å². The standard InChI is InChI=1S/C34H44O5/c1-2-3-4-5-6-7-8-9-10-11-12-13-14-15-25-38-30-23-24-31-28(26-30)17-16-18-32(31)34(37)39-29-21-19-27(20-22-29)33(35)36/h16-24,26H,2-15,25H2,1H3,(H,35,36). The monoisotopic (exact) mass is 532 g/mol. The number of esters is 1. The Morgan fingerprint density at radius 3 is 1.82 bits per heavy atom. The normalized spacial score (nSPS) is 11.0. The van der Waals surface area contributed by atoms with Gasteiger partial charge < -0.3 is 14.6 Å². The molecule has 0 bridgehead atoms. The van der Waals surface area contributed by atoms with E-state index in [-0.39, 0.29) is 5.56 Å². The molecule has 0 saturated heterocycles. The van der Waals surface area contributed by atoms with Gasteiger partial charge in [0.25, 0.3) is 0 Å². The zero-order valence-corrected chi connectivity index (χ0v) is 23.5. The van der Waals surface area contributed by atoms with Crippen molar-refractivity contribution in [2.24, 2.45) is 0 Å². The maximum Gasteiger partial charge on any atom is 0.344 e. The van der Waals surface area contributed by atoms with E-state index in [9.17, 15) is 9.59 Å². The smallest absolute Gasteiger partial charge is 0.344 e. The zero-order chi connectivity index (χ0) is 27.7. The fourth-order valence-electron chi connectivity index (χ4n) is 4.84. The molecule has 210 valence electrons. The van der Waals surface area contributed by atoms with Crippen molar-refractivity contribution in [1.29, 1.82) is 0 Å². The number of carboxylic acids is 1. The van der Waals surface area contributed by atoms with Crippen LogP contribution in [0, 0.1) is 0 Å². The largest absolute Gasteiger partial charge is 0.494 e. The molecule has 3 aromatic rings. The summed E-state index contributed by atoms with van der Waals surface area (Å²) in [7, 11) is 0. The first-order valence-corrected chi connectivity index (χ1v) is 14.8. The van der Waals surface area contributed by atoms with Crippen molar-refractivity contribution in [1.82, 2.24) is 0 Å². The van der Waals surface area contributed by atoms with E-state index in [2.05, 4.69) is 6.92 Å². The number of unbranched alkanes of at least 4 members (excludes halogenated alkanes) is 13. The molecule has 0 aliphatic carbocycles. The van der Waals surface area contributed by atoms with E-state index in [1.165, 1.54) is 108 Å². The topological polar surface area (TPSA) is 72.8 Å². The highest BCUT2D eigenvalue weighted by Gasteiger charge is 2.13. The summed E-state index contributed by atoms with van der Waals surface area (Å²) in [6.07, 6.45) is 18.7. The number of ether oxygens (including phenoxy) is 2. The molecule has 0 aliphatic rings. The number of carbonyl (C=O) groups is 2. The molecule has 3 rings (SSSR count). The minimum Gasteiger partial charge on any atom is -0.494 e. The summed E-state index contributed by atoms with van der Waals surface area (Å²) in [6.45, 7) is 2.96. The van der Waals surface area contributed by atoms with E-state index in [1.54, 1.807) is 6.07 Å². The third-order valence-electron chi connectivity index (χ3n) is 7.15. The molecule has 5 nitrogen and oxygen atoms in total. The molecular weight excluding hydrogens is 488 g/mol. The quantitative estimate of drug-likeness (QED) is 0.0945. The first kappa shape index (κ1) is 30.2. The van der Waals surface area contributed by atoms with Crippen molar-refractivity contribution in [3.05, 3.63) is 71.8 Å². The number of hydrogen-bond acceptors (Lipinski definition) is 4. The second kappa shape index (κ2) is 17.3. The first-order chi connectivity index (χ1) is 19.1.